The summed E-state index contributed by atoms with van der Waals surface area (Å²) >= 11 is 0. The SMILES string of the molecule is O=C(NS(=O)(=O)CCCO)c1ccc(-c2ccc(OCCN(C[C@H](O)c3ccc([N+](=O)[O-])cc3)C(=O)O)cc2)cc1OC1CCCCC1. The number of rotatable bonds is 16. The molecule has 14 nitrogen and oxygen atoms in total. The number of aliphatic hydroxyl groups is 2. The molecule has 0 spiro atoms. The number of nitro benzene ring substituents is 1. The summed E-state index contributed by atoms with van der Waals surface area (Å²) in [6.45, 7) is -0.644. The molecule has 1 aliphatic rings. The van der Waals surface area contributed by atoms with Gasteiger partial charge in [0.05, 0.1) is 41.5 Å². The van der Waals surface area contributed by atoms with Gasteiger partial charge in [-0.3, -0.25) is 14.9 Å². The Bertz CT molecular complexity index is 1660. The molecule has 0 heterocycles. The number of sulfonamides is 1. The minimum Gasteiger partial charge on any atom is -0.492 e. The molecular formula is C33H39N3O11S. The zero-order chi connectivity index (χ0) is 34.7. The standard InChI is InChI=1S/C33H39N3O11S/c37-18-4-20-48(44,45)34-32(39)29-16-11-25(21-31(29)47-28-5-2-1-3-6-28)23-9-14-27(15-10-23)46-19-17-35(33(40)41)22-30(38)24-7-12-26(13-8-24)36(42)43/h7-16,21,28,30,37-38H,1-6,17-20,22H2,(H,34,39)(H,40,41)/t30-/m0/s1. The molecule has 4 N–H and O–H groups in total. The molecule has 3 aromatic carbocycles. The number of nitrogens with one attached hydrogen (secondary N) is 1. The quantitative estimate of drug-likeness (QED) is 0.122. The third-order valence-corrected chi connectivity index (χ3v) is 9.18. The first-order valence-electron chi connectivity index (χ1n) is 15.6. The molecule has 48 heavy (non-hydrogen) atoms. The highest BCUT2D eigenvalue weighted by Crippen LogP contribution is 2.32. The number of carbonyl (C=O) groups excluding carboxylic acids is 1. The van der Waals surface area contributed by atoms with E-state index in [1.807, 2.05) is 0 Å². The van der Waals surface area contributed by atoms with E-state index in [-0.39, 0.29) is 61.6 Å². The summed E-state index contributed by atoms with van der Waals surface area (Å²) in [7, 11) is -3.95. The maximum Gasteiger partial charge on any atom is 0.407 e. The Morgan fingerprint density at radius 3 is 2.29 bits per heavy atom. The molecule has 0 bridgehead atoms. The Morgan fingerprint density at radius 2 is 1.67 bits per heavy atom. The fraction of sp³-hybridized carbons (Fsp3) is 0.394. The van der Waals surface area contributed by atoms with Crippen molar-refractivity contribution in [3.05, 3.63) is 88.0 Å². The van der Waals surface area contributed by atoms with E-state index in [1.165, 1.54) is 30.3 Å². The van der Waals surface area contributed by atoms with Crippen LogP contribution in [0.1, 0.15) is 60.6 Å². The van der Waals surface area contributed by atoms with E-state index >= 15 is 0 Å². The van der Waals surface area contributed by atoms with Crippen LogP contribution in [0.3, 0.4) is 0 Å². The summed E-state index contributed by atoms with van der Waals surface area (Å²) in [6, 6.07) is 17.1. The summed E-state index contributed by atoms with van der Waals surface area (Å²) < 4.78 is 38.7. The van der Waals surface area contributed by atoms with Gasteiger partial charge in [-0.1, -0.05) is 24.6 Å². The molecule has 3 aromatic rings. The predicted molar refractivity (Wildman–Crippen MR) is 175 cm³/mol. The minimum absolute atomic E-state index is 0.00207. The number of non-ortho nitro benzene ring substituents is 1. The molecule has 15 heteroatoms. The number of nitrogens with zero attached hydrogens (tertiary/aromatic N) is 2. The van der Waals surface area contributed by atoms with Gasteiger partial charge >= 0.3 is 6.09 Å². The maximum absolute atomic E-state index is 13.0. The first kappa shape index (κ1) is 36.1. The molecule has 0 radical (unpaired) electrons. The number of amides is 2. The smallest absolute Gasteiger partial charge is 0.407 e. The Labute approximate surface area is 278 Å². The molecule has 258 valence electrons. The van der Waals surface area contributed by atoms with E-state index in [2.05, 4.69) is 4.72 Å². The summed E-state index contributed by atoms with van der Waals surface area (Å²) in [5.41, 5.74) is 1.75. The largest absolute Gasteiger partial charge is 0.492 e. The number of hydrogen-bond donors (Lipinski definition) is 4. The van der Waals surface area contributed by atoms with Gasteiger partial charge in [-0.05, 0) is 85.2 Å². The molecule has 0 saturated heterocycles. The fourth-order valence-corrected chi connectivity index (χ4v) is 6.27. The summed E-state index contributed by atoms with van der Waals surface area (Å²) in [6.07, 6.45) is 2.16. The van der Waals surface area contributed by atoms with Crippen LogP contribution in [0.5, 0.6) is 11.5 Å². The molecular weight excluding hydrogens is 646 g/mol. The van der Waals surface area contributed by atoms with Gasteiger partial charge in [0.1, 0.15) is 18.1 Å². The highest BCUT2D eigenvalue weighted by Gasteiger charge is 2.23. The van der Waals surface area contributed by atoms with Crippen molar-refractivity contribution in [1.82, 2.24) is 9.62 Å². The molecule has 1 saturated carbocycles. The predicted octanol–water partition coefficient (Wildman–Crippen LogP) is 4.51. The average molecular weight is 686 g/mol. The van der Waals surface area contributed by atoms with Gasteiger partial charge in [0.25, 0.3) is 11.6 Å². The van der Waals surface area contributed by atoms with E-state index in [9.17, 15) is 38.3 Å². The first-order valence-corrected chi connectivity index (χ1v) is 17.2. The van der Waals surface area contributed by atoms with Gasteiger partial charge < -0.3 is 29.7 Å². The van der Waals surface area contributed by atoms with Crippen LogP contribution < -0.4 is 14.2 Å². The van der Waals surface area contributed by atoms with Crippen LogP contribution in [0.15, 0.2) is 66.7 Å². The Kier molecular flexibility index (Phi) is 12.7. The molecule has 1 atom stereocenters. The van der Waals surface area contributed by atoms with Gasteiger partial charge in [-0.2, -0.15) is 0 Å². The highest BCUT2D eigenvalue weighted by atomic mass is 32.2. The monoisotopic (exact) mass is 685 g/mol. The number of nitro groups is 1. The van der Waals surface area contributed by atoms with Crippen LogP contribution in [0.4, 0.5) is 10.5 Å². The normalized spacial score (nSPS) is 14.1. The van der Waals surface area contributed by atoms with Gasteiger partial charge in [0.2, 0.25) is 10.0 Å². The second-order valence-corrected chi connectivity index (χ2v) is 13.2. The lowest BCUT2D eigenvalue weighted by Gasteiger charge is -2.24. The third-order valence-electron chi connectivity index (χ3n) is 7.86. The Hall–Kier alpha value is -4.73. The van der Waals surface area contributed by atoms with Crippen molar-refractivity contribution in [2.45, 2.75) is 50.7 Å². The van der Waals surface area contributed by atoms with E-state index < -0.39 is 33.1 Å². The first-order chi connectivity index (χ1) is 23.0. The molecule has 4 rings (SSSR count). The van der Waals surface area contributed by atoms with Gasteiger partial charge in [0, 0.05) is 18.7 Å². The number of benzene rings is 3. The molecule has 0 unspecified atom stereocenters. The lowest BCUT2D eigenvalue weighted by atomic mass is 9.97. The number of carboxylic acid groups (broad SMARTS) is 1. The van der Waals surface area contributed by atoms with Crippen molar-refractivity contribution in [3.63, 3.8) is 0 Å². The van der Waals surface area contributed by atoms with Crippen molar-refractivity contribution in [3.8, 4) is 22.6 Å². The van der Waals surface area contributed by atoms with Crippen LogP contribution in [0.2, 0.25) is 0 Å². The second kappa shape index (κ2) is 16.9. The van der Waals surface area contributed by atoms with Crippen LogP contribution in [-0.2, 0) is 10.0 Å². The summed E-state index contributed by atoms with van der Waals surface area (Å²) in [5.74, 6) is -0.481. The van der Waals surface area contributed by atoms with E-state index in [4.69, 9.17) is 14.6 Å². The van der Waals surface area contributed by atoms with Crippen molar-refractivity contribution in [2.75, 3.05) is 32.1 Å². The Morgan fingerprint density at radius 1 is 1.00 bits per heavy atom. The number of ether oxygens (including phenoxy) is 2. The van der Waals surface area contributed by atoms with Crippen LogP contribution in [0, 0.1) is 10.1 Å². The highest BCUT2D eigenvalue weighted by molar-refractivity contribution is 7.90. The van der Waals surface area contributed by atoms with Gasteiger partial charge in [-0.15, -0.1) is 0 Å². The molecule has 0 aliphatic heterocycles. The minimum atomic E-state index is -3.95. The second-order valence-electron chi connectivity index (χ2n) is 11.4. The number of aliphatic hydroxyl groups excluding tert-OH is 2. The van der Waals surface area contributed by atoms with Gasteiger partial charge in [0.15, 0.2) is 0 Å². The van der Waals surface area contributed by atoms with Crippen molar-refractivity contribution < 1.29 is 47.7 Å². The molecule has 2 amide bonds. The Balaban J connectivity index is 1.41. The van der Waals surface area contributed by atoms with Crippen molar-refractivity contribution in [1.29, 1.82) is 0 Å². The van der Waals surface area contributed by atoms with Crippen molar-refractivity contribution >= 4 is 27.7 Å². The van der Waals surface area contributed by atoms with Crippen LogP contribution in [0.25, 0.3) is 11.1 Å². The van der Waals surface area contributed by atoms with Crippen LogP contribution >= 0.6 is 0 Å². The molecule has 0 aromatic heterocycles. The summed E-state index contributed by atoms with van der Waals surface area (Å²) in [5, 5.41) is 39.9. The molecule has 1 aliphatic carbocycles. The van der Waals surface area contributed by atoms with E-state index in [0.717, 1.165) is 42.6 Å². The van der Waals surface area contributed by atoms with Gasteiger partial charge in [-0.25, -0.2) is 17.9 Å². The number of hydrogen-bond acceptors (Lipinski definition) is 10. The lowest BCUT2D eigenvalue weighted by molar-refractivity contribution is -0.384. The van der Waals surface area contributed by atoms with E-state index in [0.29, 0.717) is 16.9 Å². The average Bonchev–Trinajstić information content (AvgIpc) is 3.07. The lowest BCUT2D eigenvalue weighted by Crippen LogP contribution is -2.36. The fourth-order valence-electron chi connectivity index (χ4n) is 5.27. The zero-order valence-corrected chi connectivity index (χ0v) is 27.0. The maximum atomic E-state index is 13.0. The van der Waals surface area contributed by atoms with Crippen molar-refractivity contribution in [2.24, 2.45) is 0 Å². The van der Waals surface area contributed by atoms with E-state index in [1.54, 1.807) is 36.4 Å². The number of carbonyl (C=O) groups is 2. The summed E-state index contributed by atoms with van der Waals surface area (Å²) in [4.78, 5) is 36.1. The van der Waals surface area contributed by atoms with Crippen LogP contribution in [-0.4, -0.2) is 83.7 Å². The topological polar surface area (TPSA) is 206 Å². The third kappa shape index (κ3) is 10.4. The zero-order valence-electron chi connectivity index (χ0n) is 26.2. The molecule has 1 fully saturated rings.